The lowest BCUT2D eigenvalue weighted by atomic mass is 10.2. The van der Waals surface area contributed by atoms with E-state index in [2.05, 4.69) is 25.8 Å². The second kappa shape index (κ2) is 10.6. The fourth-order valence-electron chi connectivity index (χ4n) is 2.24. The number of benzene rings is 1. The fourth-order valence-corrected chi connectivity index (χ4v) is 2.24. The molecule has 0 fully saturated rings. The van der Waals surface area contributed by atoms with E-state index in [4.69, 9.17) is 9.47 Å². The molecular formula is C18H25F3N6O2. The molecule has 0 saturated carbocycles. The van der Waals surface area contributed by atoms with Crippen molar-refractivity contribution in [1.29, 1.82) is 0 Å². The Hall–Kier alpha value is -2.82. The van der Waals surface area contributed by atoms with Gasteiger partial charge in [-0.05, 0) is 24.6 Å². The van der Waals surface area contributed by atoms with Crippen molar-refractivity contribution in [2.45, 2.75) is 26.2 Å². The normalized spacial score (nSPS) is 12.1. The van der Waals surface area contributed by atoms with Crippen LogP contribution in [0.2, 0.25) is 0 Å². The Kier molecular flexibility index (Phi) is 8.25. The van der Waals surface area contributed by atoms with E-state index in [1.165, 1.54) is 12.1 Å². The first kappa shape index (κ1) is 22.5. The molecule has 0 aliphatic rings. The topological polar surface area (TPSA) is 85.6 Å². The van der Waals surface area contributed by atoms with Crippen LogP contribution in [-0.4, -0.2) is 53.8 Å². The van der Waals surface area contributed by atoms with E-state index in [1.807, 2.05) is 18.5 Å². The van der Waals surface area contributed by atoms with Gasteiger partial charge >= 0.3 is 6.18 Å². The zero-order chi connectivity index (χ0) is 21.3. The van der Waals surface area contributed by atoms with Gasteiger partial charge in [-0.15, -0.1) is 10.2 Å². The molecular weight excluding hydrogens is 389 g/mol. The van der Waals surface area contributed by atoms with Gasteiger partial charge in [-0.2, -0.15) is 13.2 Å². The van der Waals surface area contributed by atoms with E-state index in [9.17, 15) is 13.2 Å². The van der Waals surface area contributed by atoms with E-state index in [-0.39, 0.29) is 5.75 Å². The van der Waals surface area contributed by atoms with Crippen molar-refractivity contribution in [1.82, 2.24) is 25.4 Å². The lowest BCUT2D eigenvalue weighted by Gasteiger charge is -2.12. The first-order valence-electron chi connectivity index (χ1n) is 8.93. The summed E-state index contributed by atoms with van der Waals surface area (Å²) < 4.78 is 48.2. The van der Waals surface area contributed by atoms with Crippen LogP contribution in [0, 0.1) is 6.92 Å². The molecule has 0 aliphatic heterocycles. The highest BCUT2D eigenvalue weighted by Gasteiger charge is 2.28. The standard InChI is InChI=1S/C18H25F3N6O2/c1-13-25-26-16(27(13)2)11-24-17(22-8-9-28-3)23-10-14-4-6-15(7-5-14)29-12-18(19,20)21/h4-7H,8-12H2,1-3H3,(H2,22,23,24). The number of halogens is 3. The summed E-state index contributed by atoms with van der Waals surface area (Å²) in [5.41, 5.74) is 0.826. The van der Waals surface area contributed by atoms with Crippen LogP contribution in [0.25, 0.3) is 0 Å². The molecule has 1 aromatic carbocycles. The number of aryl methyl sites for hydroxylation is 1. The Morgan fingerprint density at radius 1 is 1.17 bits per heavy atom. The number of nitrogens with one attached hydrogen (secondary N) is 2. The maximum absolute atomic E-state index is 12.2. The summed E-state index contributed by atoms with van der Waals surface area (Å²) in [5, 5.41) is 14.4. The van der Waals surface area contributed by atoms with Gasteiger partial charge in [0, 0.05) is 20.7 Å². The molecule has 2 rings (SSSR count). The van der Waals surface area contributed by atoms with E-state index < -0.39 is 12.8 Å². The SMILES string of the molecule is COCCNC(=NCc1ccc(OCC(F)(F)F)cc1)NCc1nnc(C)n1C. The Morgan fingerprint density at radius 3 is 2.48 bits per heavy atom. The summed E-state index contributed by atoms with van der Waals surface area (Å²) >= 11 is 0. The third kappa shape index (κ3) is 7.98. The van der Waals surface area contributed by atoms with E-state index in [0.29, 0.717) is 32.2 Å². The van der Waals surface area contributed by atoms with Gasteiger partial charge in [-0.3, -0.25) is 0 Å². The first-order chi connectivity index (χ1) is 13.8. The van der Waals surface area contributed by atoms with Crippen molar-refractivity contribution in [2.75, 3.05) is 26.9 Å². The molecule has 2 N–H and O–H groups in total. The zero-order valence-corrected chi connectivity index (χ0v) is 16.6. The third-order valence-corrected chi connectivity index (χ3v) is 3.94. The summed E-state index contributed by atoms with van der Waals surface area (Å²) in [7, 11) is 3.49. The van der Waals surface area contributed by atoms with Crippen molar-refractivity contribution >= 4 is 5.96 Å². The van der Waals surface area contributed by atoms with Crippen LogP contribution in [0.3, 0.4) is 0 Å². The highest BCUT2D eigenvalue weighted by atomic mass is 19.4. The van der Waals surface area contributed by atoms with Crippen LogP contribution >= 0.6 is 0 Å². The number of guanidine groups is 1. The highest BCUT2D eigenvalue weighted by Crippen LogP contribution is 2.19. The van der Waals surface area contributed by atoms with Gasteiger partial charge in [0.05, 0.1) is 19.7 Å². The van der Waals surface area contributed by atoms with Gasteiger partial charge in [0.15, 0.2) is 18.4 Å². The first-order valence-corrected chi connectivity index (χ1v) is 8.93. The zero-order valence-electron chi connectivity index (χ0n) is 16.6. The van der Waals surface area contributed by atoms with Crippen LogP contribution in [0.4, 0.5) is 13.2 Å². The van der Waals surface area contributed by atoms with Crippen LogP contribution in [0.1, 0.15) is 17.2 Å². The Balaban J connectivity index is 1.95. The van der Waals surface area contributed by atoms with Crippen molar-refractivity contribution in [3.8, 4) is 5.75 Å². The number of aromatic nitrogens is 3. The molecule has 0 aliphatic carbocycles. The molecule has 1 heterocycles. The largest absolute Gasteiger partial charge is 0.484 e. The second-order valence-electron chi connectivity index (χ2n) is 6.21. The minimum absolute atomic E-state index is 0.157. The number of hydrogen-bond donors (Lipinski definition) is 2. The van der Waals surface area contributed by atoms with Gasteiger partial charge < -0.3 is 24.7 Å². The average Bonchev–Trinajstić information content (AvgIpc) is 3.00. The Bertz CT molecular complexity index is 790. The minimum Gasteiger partial charge on any atom is -0.484 e. The molecule has 2 aromatic rings. The minimum atomic E-state index is -4.36. The second-order valence-corrected chi connectivity index (χ2v) is 6.21. The van der Waals surface area contributed by atoms with Crippen molar-refractivity contribution in [3.63, 3.8) is 0 Å². The molecule has 29 heavy (non-hydrogen) atoms. The number of methoxy groups -OCH3 is 1. The lowest BCUT2D eigenvalue weighted by molar-refractivity contribution is -0.153. The molecule has 0 amide bonds. The molecule has 0 unspecified atom stereocenters. The molecule has 160 valence electrons. The molecule has 8 nitrogen and oxygen atoms in total. The lowest BCUT2D eigenvalue weighted by Crippen LogP contribution is -2.39. The average molecular weight is 414 g/mol. The summed E-state index contributed by atoms with van der Waals surface area (Å²) in [6, 6.07) is 6.33. The monoisotopic (exact) mass is 414 g/mol. The number of ether oxygens (including phenoxy) is 2. The number of rotatable bonds is 9. The summed E-state index contributed by atoms with van der Waals surface area (Å²) in [6.07, 6.45) is -4.36. The molecule has 11 heteroatoms. The Morgan fingerprint density at radius 2 is 1.90 bits per heavy atom. The smallest absolute Gasteiger partial charge is 0.422 e. The van der Waals surface area contributed by atoms with Crippen LogP contribution in [0.5, 0.6) is 5.75 Å². The van der Waals surface area contributed by atoms with Crippen LogP contribution in [-0.2, 0) is 24.9 Å². The summed E-state index contributed by atoms with van der Waals surface area (Å²) in [4.78, 5) is 4.49. The van der Waals surface area contributed by atoms with Crippen LogP contribution < -0.4 is 15.4 Å². The number of alkyl halides is 3. The predicted octanol–water partition coefficient (Wildman–Crippen LogP) is 1.95. The highest BCUT2D eigenvalue weighted by molar-refractivity contribution is 5.79. The van der Waals surface area contributed by atoms with Gasteiger partial charge in [0.1, 0.15) is 11.6 Å². The van der Waals surface area contributed by atoms with Gasteiger partial charge in [0.25, 0.3) is 0 Å². The molecule has 0 radical (unpaired) electrons. The van der Waals surface area contributed by atoms with Gasteiger partial charge in [-0.1, -0.05) is 12.1 Å². The Labute approximate surface area is 167 Å². The number of nitrogens with zero attached hydrogens (tertiary/aromatic N) is 4. The maximum Gasteiger partial charge on any atom is 0.422 e. The summed E-state index contributed by atoms with van der Waals surface area (Å²) in [6.45, 7) is 2.38. The molecule has 0 atom stereocenters. The molecule has 0 spiro atoms. The van der Waals surface area contributed by atoms with E-state index in [1.54, 1.807) is 19.2 Å². The van der Waals surface area contributed by atoms with Gasteiger partial charge in [0.2, 0.25) is 0 Å². The maximum atomic E-state index is 12.2. The fraction of sp³-hybridized carbons (Fsp3) is 0.500. The molecule has 0 bridgehead atoms. The molecule has 1 aromatic heterocycles. The van der Waals surface area contributed by atoms with E-state index >= 15 is 0 Å². The predicted molar refractivity (Wildman–Crippen MR) is 102 cm³/mol. The quantitative estimate of drug-likeness (QED) is 0.371. The summed E-state index contributed by atoms with van der Waals surface area (Å²) in [5.74, 6) is 2.28. The van der Waals surface area contributed by atoms with Crippen molar-refractivity contribution < 1.29 is 22.6 Å². The van der Waals surface area contributed by atoms with E-state index in [0.717, 1.165) is 17.2 Å². The van der Waals surface area contributed by atoms with Crippen LogP contribution in [0.15, 0.2) is 29.3 Å². The van der Waals surface area contributed by atoms with Crippen molar-refractivity contribution in [2.24, 2.45) is 12.0 Å². The number of hydrogen-bond acceptors (Lipinski definition) is 5. The van der Waals surface area contributed by atoms with Gasteiger partial charge in [-0.25, -0.2) is 4.99 Å². The number of aliphatic imine (C=N–C) groups is 1. The molecule has 0 saturated heterocycles. The van der Waals surface area contributed by atoms with Crippen molar-refractivity contribution in [3.05, 3.63) is 41.5 Å². The third-order valence-electron chi connectivity index (χ3n) is 3.94.